The number of hydrogen-bond donors (Lipinski definition) is 2. The Morgan fingerprint density at radius 2 is 2.16 bits per heavy atom. The zero-order chi connectivity index (χ0) is 14.6. The number of likely N-dealkylation sites (tertiary alicyclic amines) is 1. The van der Waals surface area contributed by atoms with Gasteiger partial charge in [-0.1, -0.05) is 6.08 Å². The number of hydrazine groups is 1. The van der Waals surface area contributed by atoms with Crippen molar-refractivity contribution < 1.29 is 14.4 Å². The van der Waals surface area contributed by atoms with Crippen molar-refractivity contribution in [2.24, 2.45) is 5.84 Å². The molecule has 1 aliphatic heterocycles. The van der Waals surface area contributed by atoms with Gasteiger partial charge in [-0.3, -0.25) is 14.6 Å². The van der Waals surface area contributed by atoms with Crippen LogP contribution in [-0.4, -0.2) is 53.3 Å². The van der Waals surface area contributed by atoms with E-state index < -0.39 is 18.1 Å². The topological polar surface area (TPSA) is 95.7 Å². The average molecular weight is 268 g/mol. The molecule has 3 amide bonds. The van der Waals surface area contributed by atoms with Gasteiger partial charge in [0, 0.05) is 13.6 Å². The number of ketones is 1. The van der Waals surface area contributed by atoms with E-state index in [0.29, 0.717) is 13.0 Å². The summed E-state index contributed by atoms with van der Waals surface area (Å²) in [6.07, 6.45) is 2.67. The number of rotatable bonds is 4. The fraction of sp³-hybridized carbons (Fsp3) is 0.583. The Morgan fingerprint density at radius 1 is 1.53 bits per heavy atom. The van der Waals surface area contributed by atoms with Crippen LogP contribution in [0.3, 0.4) is 0 Å². The van der Waals surface area contributed by atoms with Crippen molar-refractivity contribution in [1.82, 2.24) is 15.2 Å². The molecule has 7 nitrogen and oxygen atoms in total. The Labute approximate surface area is 112 Å². The van der Waals surface area contributed by atoms with Gasteiger partial charge in [0.15, 0.2) is 5.78 Å². The van der Waals surface area contributed by atoms with E-state index in [0.717, 1.165) is 11.4 Å². The van der Waals surface area contributed by atoms with Crippen LogP contribution in [0.2, 0.25) is 0 Å². The van der Waals surface area contributed by atoms with Crippen LogP contribution in [0.15, 0.2) is 12.7 Å². The van der Waals surface area contributed by atoms with Gasteiger partial charge in [-0.15, -0.1) is 6.58 Å². The predicted octanol–water partition coefficient (Wildman–Crippen LogP) is -0.364. The smallest absolute Gasteiger partial charge is 0.334 e. The third kappa shape index (κ3) is 3.54. The molecule has 1 rings (SSSR count). The maximum absolute atomic E-state index is 12.1. The minimum atomic E-state index is -0.722. The van der Waals surface area contributed by atoms with Crippen molar-refractivity contribution in [2.75, 3.05) is 13.6 Å². The van der Waals surface area contributed by atoms with E-state index in [2.05, 4.69) is 11.9 Å². The Hall–Kier alpha value is -1.89. The molecule has 1 saturated heterocycles. The second-order valence-corrected chi connectivity index (χ2v) is 4.58. The van der Waals surface area contributed by atoms with E-state index in [4.69, 9.17) is 5.84 Å². The first-order valence-electron chi connectivity index (χ1n) is 6.11. The van der Waals surface area contributed by atoms with E-state index in [-0.39, 0.29) is 11.7 Å². The van der Waals surface area contributed by atoms with E-state index in [1.54, 1.807) is 0 Å². The van der Waals surface area contributed by atoms with Gasteiger partial charge >= 0.3 is 6.03 Å². The molecule has 0 aromatic heterocycles. The van der Waals surface area contributed by atoms with E-state index in [1.165, 1.54) is 24.9 Å². The minimum absolute atomic E-state index is 0.199. The first kappa shape index (κ1) is 15.2. The molecule has 0 spiro atoms. The lowest BCUT2D eigenvalue weighted by Gasteiger charge is -2.27. The van der Waals surface area contributed by atoms with Crippen molar-refractivity contribution in [1.29, 1.82) is 0 Å². The van der Waals surface area contributed by atoms with Crippen molar-refractivity contribution in [3.05, 3.63) is 12.7 Å². The highest BCUT2D eigenvalue weighted by molar-refractivity contribution is 5.92. The summed E-state index contributed by atoms with van der Waals surface area (Å²) in [4.78, 5) is 36.6. The Bertz CT molecular complexity index is 394. The molecule has 2 atom stereocenters. The monoisotopic (exact) mass is 268 g/mol. The summed E-state index contributed by atoms with van der Waals surface area (Å²) in [6.45, 7) is 5.36. The first-order valence-corrected chi connectivity index (χ1v) is 6.11. The number of Topliss-reactive ketones (excluding diaryl/α,β-unsaturated/α-hetero) is 1. The van der Waals surface area contributed by atoms with Crippen molar-refractivity contribution in [3.63, 3.8) is 0 Å². The van der Waals surface area contributed by atoms with Crippen molar-refractivity contribution >= 4 is 17.7 Å². The average Bonchev–Trinajstić information content (AvgIpc) is 2.83. The number of amides is 3. The van der Waals surface area contributed by atoms with Gasteiger partial charge in [-0.25, -0.2) is 10.6 Å². The van der Waals surface area contributed by atoms with Crippen LogP contribution >= 0.6 is 0 Å². The minimum Gasteiger partial charge on any atom is -0.341 e. The molecule has 1 heterocycles. The van der Waals surface area contributed by atoms with Crippen LogP contribution in [0.25, 0.3) is 0 Å². The summed E-state index contributed by atoms with van der Waals surface area (Å²) in [5.74, 6) is 4.84. The molecule has 0 saturated carbocycles. The molecule has 7 heteroatoms. The summed E-state index contributed by atoms with van der Waals surface area (Å²) in [5, 5.41) is 3.52. The normalized spacial score (nSPS) is 19.7. The molecule has 19 heavy (non-hydrogen) atoms. The molecule has 2 unspecified atom stereocenters. The number of nitrogens with zero attached hydrogens (tertiary/aromatic N) is 2. The SMILES string of the molecule is C=CC(NC(=O)C1CCCN1C(=O)N(C)N)C(C)=O. The molecule has 1 fully saturated rings. The van der Waals surface area contributed by atoms with Gasteiger partial charge in [0.1, 0.15) is 12.1 Å². The Balaban J connectivity index is 2.72. The van der Waals surface area contributed by atoms with E-state index in [1.807, 2.05) is 0 Å². The van der Waals surface area contributed by atoms with Gasteiger partial charge in [-0.05, 0) is 19.8 Å². The Morgan fingerprint density at radius 3 is 2.63 bits per heavy atom. The summed E-state index contributed by atoms with van der Waals surface area (Å²) in [5.41, 5.74) is 0. The summed E-state index contributed by atoms with van der Waals surface area (Å²) < 4.78 is 0. The van der Waals surface area contributed by atoms with Crippen LogP contribution in [0.5, 0.6) is 0 Å². The maximum atomic E-state index is 12.1. The highest BCUT2D eigenvalue weighted by Crippen LogP contribution is 2.18. The lowest BCUT2D eigenvalue weighted by atomic mass is 10.1. The number of hydrogen-bond acceptors (Lipinski definition) is 4. The first-order chi connectivity index (χ1) is 8.88. The van der Waals surface area contributed by atoms with Crippen LogP contribution < -0.4 is 11.2 Å². The predicted molar refractivity (Wildman–Crippen MR) is 69.9 cm³/mol. The second-order valence-electron chi connectivity index (χ2n) is 4.58. The summed E-state index contributed by atoms with van der Waals surface area (Å²) in [6, 6.07) is -1.71. The third-order valence-corrected chi connectivity index (χ3v) is 3.07. The molecule has 0 aromatic carbocycles. The zero-order valence-corrected chi connectivity index (χ0v) is 11.3. The van der Waals surface area contributed by atoms with Gasteiger partial charge in [-0.2, -0.15) is 0 Å². The van der Waals surface area contributed by atoms with Gasteiger partial charge in [0.25, 0.3) is 0 Å². The third-order valence-electron chi connectivity index (χ3n) is 3.07. The second kappa shape index (κ2) is 6.33. The molecule has 106 valence electrons. The summed E-state index contributed by atoms with van der Waals surface area (Å²) in [7, 11) is 1.43. The molecule has 0 aromatic rings. The van der Waals surface area contributed by atoms with Gasteiger partial charge in [0.2, 0.25) is 5.91 Å². The number of urea groups is 1. The van der Waals surface area contributed by atoms with Crippen LogP contribution in [-0.2, 0) is 9.59 Å². The molecular formula is C12H20N4O3. The van der Waals surface area contributed by atoms with Gasteiger partial charge in [0.05, 0.1) is 0 Å². The van der Waals surface area contributed by atoms with Crippen LogP contribution in [0.4, 0.5) is 4.79 Å². The standard InChI is InChI=1S/C12H20N4O3/c1-4-9(8(2)17)14-11(18)10-6-5-7-16(10)12(19)15(3)13/h4,9-10H,1,5-7,13H2,2-3H3,(H,14,18). The van der Waals surface area contributed by atoms with Crippen LogP contribution in [0.1, 0.15) is 19.8 Å². The molecule has 3 N–H and O–H groups in total. The van der Waals surface area contributed by atoms with Crippen LogP contribution in [0, 0.1) is 0 Å². The fourth-order valence-corrected chi connectivity index (χ4v) is 2.05. The zero-order valence-electron chi connectivity index (χ0n) is 11.3. The molecule has 0 aliphatic carbocycles. The fourth-order valence-electron chi connectivity index (χ4n) is 2.05. The highest BCUT2D eigenvalue weighted by atomic mass is 16.2. The van der Waals surface area contributed by atoms with Crippen molar-refractivity contribution in [3.8, 4) is 0 Å². The van der Waals surface area contributed by atoms with E-state index >= 15 is 0 Å². The lowest BCUT2D eigenvalue weighted by Crippen LogP contribution is -2.53. The maximum Gasteiger partial charge on any atom is 0.334 e. The number of nitrogens with one attached hydrogen (secondary N) is 1. The lowest BCUT2D eigenvalue weighted by molar-refractivity contribution is -0.128. The van der Waals surface area contributed by atoms with E-state index in [9.17, 15) is 14.4 Å². The molecule has 1 aliphatic rings. The number of carbonyl (C=O) groups is 3. The quantitative estimate of drug-likeness (QED) is 0.315. The largest absolute Gasteiger partial charge is 0.341 e. The number of carbonyl (C=O) groups excluding carboxylic acids is 3. The summed E-state index contributed by atoms with van der Waals surface area (Å²) >= 11 is 0. The highest BCUT2D eigenvalue weighted by Gasteiger charge is 2.35. The Kier molecular flexibility index (Phi) is 5.05. The molecule has 0 bridgehead atoms. The molecular weight excluding hydrogens is 248 g/mol. The molecule has 0 radical (unpaired) electrons. The van der Waals surface area contributed by atoms with Crippen molar-refractivity contribution in [2.45, 2.75) is 31.8 Å². The van der Waals surface area contributed by atoms with Gasteiger partial charge < -0.3 is 10.2 Å². The number of nitrogens with two attached hydrogens (primary N) is 1.